The fourth-order valence-corrected chi connectivity index (χ4v) is 2.55. The molecule has 1 unspecified atom stereocenters. The summed E-state index contributed by atoms with van der Waals surface area (Å²) in [7, 11) is 0. The highest BCUT2D eigenvalue weighted by Gasteiger charge is 2.02. The number of hydrogen-bond donors (Lipinski definition) is 1. The minimum Gasteiger partial charge on any atom is -0.350 e. The van der Waals surface area contributed by atoms with Gasteiger partial charge in [-0.15, -0.1) is 0 Å². The summed E-state index contributed by atoms with van der Waals surface area (Å²) in [6.45, 7) is 7.75. The van der Waals surface area contributed by atoms with Crippen LogP contribution in [0.4, 0.5) is 0 Å². The quantitative estimate of drug-likeness (QED) is 0.752. The summed E-state index contributed by atoms with van der Waals surface area (Å²) in [6.07, 6.45) is 5.54. The Morgan fingerprint density at radius 1 is 1.50 bits per heavy atom. The molecule has 1 atom stereocenters. The van der Waals surface area contributed by atoms with Crippen LogP contribution < -0.4 is 5.32 Å². The third-order valence-electron chi connectivity index (χ3n) is 2.64. The number of rotatable bonds is 8. The first kappa shape index (κ1) is 13.7. The highest BCUT2D eigenvalue weighted by molar-refractivity contribution is 7.98. The van der Waals surface area contributed by atoms with Crippen LogP contribution in [-0.4, -0.2) is 23.1 Å². The Bertz CT molecular complexity index is 283. The molecule has 3 heteroatoms. The van der Waals surface area contributed by atoms with Crippen LogP contribution in [0.3, 0.4) is 0 Å². The molecular formula is C13H24N2S. The van der Waals surface area contributed by atoms with Gasteiger partial charge in [-0.1, -0.05) is 13.8 Å². The SMILES string of the molecule is CCCn1cccc1CNCC(C)CSC. The first-order valence-electron chi connectivity index (χ1n) is 6.11. The van der Waals surface area contributed by atoms with Crippen LogP contribution >= 0.6 is 11.8 Å². The lowest BCUT2D eigenvalue weighted by Crippen LogP contribution is -2.23. The molecule has 1 N–H and O–H groups in total. The van der Waals surface area contributed by atoms with Crippen LogP contribution in [0.1, 0.15) is 26.0 Å². The van der Waals surface area contributed by atoms with E-state index in [1.54, 1.807) is 0 Å². The Balaban J connectivity index is 2.28. The van der Waals surface area contributed by atoms with E-state index in [0.29, 0.717) is 0 Å². The molecule has 0 aromatic carbocycles. The highest BCUT2D eigenvalue weighted by atomic mass is 32.2. The van der Waals surface area contributed by atoms with E-state index in [4.69, 9.17) is 0 Å². The predicted octanol–water partition coefficient (Wildman–Crippen LogP) is 2.99. The third kappa shape index (κ3) is 4.62. The van der Waals surface area contributed by atoms with Gasteiger partial charge in [-0.2, -0.15) is 11.8 Å². The number of nitrogens with one attached hydrogen (secondary N) is 1. The molecule has 0 amide bonds. The summed E-state index contributed by atoms with van der Waals surface area (Å²) < 4.78 is 2.34. The lowest BCUT2D eigenvalue weighted by molar-refractivity contribution is 0.538. The molecule has 0 bridgehead atoms. The second-order valence-electron chi connectivity index (χ2n) is 4.38. The molecule has 1 heterocycles. The van der Waals surface area contributed by atoms with E-state index < -0.39 is 0 Å². The second kappa shape index (κ2) is 7.80. The summed E-state index contributed by atoms with van der Waals surface area (Å²) in [5, 5.41) is 3.54. The average molecular weight is 240 g/mol. The Morgan fingerprint density at radius 2 is 2.31 bits per heavy atom. The van der Waals surface area contributed by atoms with Crippen molar-refractivity contribution in [2.24, 2.45) is 5.92 Å². The van der Waals surface area contributed by atoms with E-state index in [1.807, 2.05) is 11.8 Å². The van der Waals surface area contributed by atoms with E-state index in [-0.39, 0.29) is 0 Å². The standard InChI is InChI=1S/C13H24N2S/c1-4-7-15-8-5-6-13(15)10-14-9-12(2)11-16-3/h5-6,8,12,14H,4,7,9-11H2,1-3H3. The fraction of sp³-hybridized carbons (Fsp3) is 0.692. The number of aromatic nitrogens is 1. The summed E-state index contributed by atoms with van der Waals surface area (Å²) in [4.78, 5) is 0. The van der Waals surface area contributed by atoms with Crippen LogP contribution in [0.25, 0.3) is 0 Å². The molecule has 16 heavy (non-hydrogen) atoms. The first-order chi connectivity index (χ1) is 7.77. The predicted molar refractivity (Wildman–Crippen MR) is 74.0 cm³/mol. The van der Waals surface area contributed by atoms with Crippen LogP contribution in [0.15, 0.2) is 18.3 Å². The van der Waals surface area contributed by atoms with Gasteiger partial charge in [0.05, 0.1) is 0 Å². The molecule has 2 nitrogen and oxygen atoms in total. The minimum atomic E-state index is 0.754. The Hall–Kier alpha value is -0.410. The highest BCUT2D eigenvalue weighted by Crippen LogP contribution is 2.05. The molecule has 0 fully saturated rings. The van der Waals surface area contributed by atoms with Crippen LogP contribution in [0.5, 0.6) is 0 Å². The number of thioether (sulfide) groups is 1. The molecule has 0 saturated carbocycles. The topological polar surface area (TPSA) is 17.0 Å². The lowest BCUT2D eigenvalue weighted by Gasteiger charge is -2.12. The van der Waals surface area contributed by atoms with Gasteiger partial charge in [0.2, 0.25) is 0 Å². The van der Waals surface area contributed by atoms with E-state index >= 15 is 0 Å². The van der Waals surface area contributed by atoms with Gasteiger partial charge in [0.15, 0.2) is 0 Å². The summed E-state index contributed by atoms with van der Waals surface area (Å²) in [5.41, 5.74) is 1.40. The van der Waals surface area contributed by atoms with Crippen molar-refractivity contribution in [1.29, 1.82) is 0 Å². The Labute approximate surface area is 104 Å². The van der Waals surface area contributed by atoms with Crippen molar-refractivity contribution in [3.8, 4) is 0 Å². The van der Waals surface area contributed by atoms with Gasteiger partial charge >= 0.3 is 0 Å². The van der Waals surface area contributed by atoms with Crippen LogP contribution in [0.2, 0.25) is 0 Å². The molecule has 1 aromatic rings. The summed E-state index contributed by atoms with van der Waals surface area (Å²) in [6, 6.07) is 4.35. The van der Waals surface area contributed by atoms with Crippen molar-refractivity contribution in [2.75, 3.05) is 18.6 Å². The van der Waals surface area contributed by atoms with Gasteiger partial charge < -0.3 is 9.88 Å². The van der Waals surface area contributed by atoms with Crippen molar-refractivity contribution in [2.45, 2.75) is 33.4 Å². The lowest BCUT2D eigenvalue weighted by atomic mass is 10.2. The minimum absolute atomic E-state index is 0.754. The normalized spacial score (nSPS) is 12.9. The molecule has 1 aromatic heterocycles. The average Bonchev–Trinajstić information content (AvgIpc) is 2.67. The summed E-state index contributed by atoms with van der Waals surface area (Å²) >= 11 is 1.92. The maximum absolute atomic E-state index is 3.54. The maximum Gasteiger partial charge on any atom is 0.0359 e. The smallest absolute Gasteiger partial charge is 0.0359 e. The summed E-state index contributed by atoms with van der Waals surface area (Å²) in [5.74, 6) is 1.99. The maximum atomic E-state index is 3.54. The second-order valence-corrected chi connectivity index (χ2v) is 5.30. The number of aryl methyl sites for hydroxylation is 1. The van der Waals surface area contributed by atoms with E-state index in [1.165, 1.54) is 17.9 Å². The number of hydrogen-bond acceptors (Lipinski definition) is 2. The third-order valence-corrected chi connectivity index (χ3v) is 3.54. The zero-order chi connectivity index (χ0) is 11.8. The van der Waals surface area contributed by atoms with Crippen molar-refractivity contribution in [1.82, 2.24) is 9.88 Å². The van der Waals surface area contributed by atoms with Crippen molar-refractivity contribution >= 4 is 11.8 Å². The van der Waals surface area contributed by atoms with Crippen molar-refractivity contribution in [3.63, 3.8) is 0 Å². The zero-order valence-corrected chi connectivity index (χ0v) is 11.5. The van der Waals surface area contributed by atoms with Gasteiger partial charge in [0.25, 0.3) is 0 Å². The molecule has 0 aliphatic rings. The van der Waals surface area contributed by atoms with E-state index in [9.17, 15) is 0 Å². The molecule has 1 rings (SSSR count). The molecule has 0 radical (unpaired) electrons. The van der Waals surface area contributed by atoms with E-state index in [2.05, 4.69) is 48.3 Å². The van der Waals surface area contributed by atoms with Crippen molar-refractivity contribution < 1.29 is 0 Å². The molecular weight excluding hydrogens is 216 g/mol. The van der Waals surface area contributed by atoms with Gasteiger partial charge in [-0.3, -0.25) is 0 Å². The Kier molecular flexibility index (Phi) is 6.65. The monoisotopic (exact) mass is 240 g/mol. The van der Waals surface area contributed by atoms with Gasteiger partial charge in [-0.05, 0) is 43.0 Å². The largest absolute Gasteiger partial charge is 0.350 e. The van der Waals surface area contributed by atoms with Crippen LogP contribution in [-0.2, 0) is 13.1 Å². The molecule has 92 valence electrons. The van der Waals surface area contributed by atoms with Gasteiger partial charge in [0.1, 0.15) is 0 Å². The van der Waals surface area contributed by atoms with Crippen molar-refractivity contribution in [3.05, 3.63) is 24.0 Å². The fourth-order valence-electron chi connectivity index (χ4n) is 1.86. The zero-order valence-electron chi connectivity index (χ0n) is 10.7. The number of nitrogens with zero attached hydrogens (tertiary/aromatic N) is 1. The Morgan fingerprint density at radius 3 is 3.00 bits per heavy atom. The molecule has 0 spiro atoms. The molecule has 0 aliphatic heterocycles. The van der Waals surface area contributed by atoms with Gasteiger partial charge in [-0.25, -0.2) is 0 Å². The van der Waals surface area contributed by atoms with Crippen LogP contribution in [0, 0.1) is 5.92 Å². The first-order valence-corrected chi connectivity index (χ1v) is 7.51. The van der Waals surface area contributed by atoms with E-state index in [0.717, 1.165) is 25.6 Å². The van der Waals surface area contributed by atoms with Gasteiger partial charge in [0, 0.05) is 25.0 Å². The molecule has 0 aliphatic carbocycles. The molecule has 0 saturated heterocycles.